The van der Waals surface area contributed by atoms with Gasteiger partial charge in [-0.05, 0) is 50.6 Å². The number of nitrogens with zero attached hydrogens (tertiary/aromatic N) is 5. The van der Waals surface area contributed by atoms with Crippen LogP contribution in [0.5, 0.6) is 0 Å². The number of fused-ring (bicyclic) bond motifs is 2. The van der Waals surface area contributed by atoms with Crippen molar-refractivity contribution in [1.82, 2.24) is 34.9 Å². The Kier molecular flexibility index (Phi) is 6.24. The topological polar surface area (TPSA) is 151 Å². The number of aromatic nitrogens is 6. The number of aromatic amines is 1. The highest BCUT2D eigenvalue weighted by Gasteiger charge is 2.29. The van der Waals surface area contributed by atoms with Gasteiger partial charge in [0.2, 0.25) is 5.95 Å². The van der Waals surface area contributed by atoms with Crippen LogP contribution in [-0.2, 0) is 0 Å². The van der Waals surface area contributed by atoms with Gasteiger partial charge in [-0.15, -0.1) is 0 Å². The highest BCUT2D eigenvalue weighted by atomic mass is 19.4. The van der Waals surface area contributed by atoms with Crippen LogP contribution < -0.4 is 21.7 Å². The molecule has 11 nitrogen and oxygen atoms in total. The van der Waals surface area contributed by atoms with Crippen molar-refractivity contribution in [2.75, 3.05) is 22.9 Å². The Morgan fingerprint density at radius 1 is 1.08 bits per heavy atom. The minimum atomic E-state index is -4.56. The summed E-state index contributed by atoms with van der Waals surface area (Å²) in [6, 6.07) is 10.6. The number of amides is 1. The van der Waals surface area contributed by atoms with Crippen molar-refractivity contribution in [3.8, 4) is 11.1 Å². The second-order valence-corrected chi connectivity index (χ2v) is 9.88. The zero-order valence-electron chi connectivity index (χ0n) is 21.2. The Morgan fingerprint density at radius 3 is 2.51 bits per heavy atom. The number of nitrogens with one attached hydrogen (secondary N) is 4. The average Bonchev–Trinajstić information content (AvgIpc) is 3.43. The lowest BCUT2D eigenvalue weighted by molar-refractivity contribution is -0.123. The van der Waals surface area contributed by atoms with Gasteiger partial charge in [0.25, 0.3) is 5.91 Å². The predicted molar refractivity (Wildman–Crippen MR) is 142 cm³/mol. The molecule has 6 N–H and O–H groups in total. The van der Waals surface area contributed by atoms with Crippen molar-refractivity contribution in [3.63, 3.8) is 0 Å². The number of carbonyl (C=O) groups excluding carboxylic acids is 1. The van der Waals surface area contributed by atoms with E-state index >= 15 is 0 Å². The summed E-state index contributed by atoms with van der Waals surface area (Å²) >= 11 is 0. The number of rotatable bonds is 6. The van der Waals surface area contributed by atoms with E-state index in [1.807, 2.05) is 38.2 Å². The van der Waals surface area contributed by atoms with Crippen LogP contribution in [0.3, 0.4) is 0 Å². The zero-order chi connectivity index (χ0) is 27.9. The summed E-state index contributed by atoms with van der Waals surface area (Å²) in [4.78, 5) is 28.9. The van der Waals surface area contributed by atoms with E-state index in [1.165, 1.54) is 17.0 Å². The molecule has 4 aromatic heterocycles. The molecule has 4 heterocycles. The quantitative estimate of drug-likeness (QED) is 0.212. The molecule has 0 aliphatic rings. The second kappa shape index (κ2) is 9.45. The number of imidazole rings is 1. The number of anilines is 4. The van der Waals surface area contributed by atoms with Crippen LogP contribution in [0.2, 0.25) is 0 Å². The summed E-state index contributed by atoms with van der Waals surface area (Å²) < 4.78 is 39.5. The van der Waals surface area contributed by atoms with Crippen LogP contribution in [0.15, 0.2) is 48.9 Å². The highest BCUT2D eigenvalue weighted by Crippen LogP contribution is 2.33. The first-order valence-corrected chi connectivity index (χ1v) is 11.9. The molecular weight excluding hydrogens is 513 g/mol. The lowest BCUT2D eigenvalue weighted by Crippen LogP contribution is -2.33. The number of benzene rings is 1. The predicted octanol–water partition coefficient (Wildman–Crippen LogP) is 4.50. The van der Waals surface area contributed by atoms with Gasteiger partial charge in [0.05, 0.1) is 5.56 Å². The lowest BCUT2D eigenvalue weighted by Gasteiger charge is -2.20. The number of halogens is 3. The number of alkyl halides is 3. The highest BCUT2D eigenvalue weighted by molar-refractivity contribution is 6.07. The molecule has 0 bridgehead atoms. The third-order valence-electron chi connectivity index (χ3n) is 5.58. The van der Waals surface area contributed by atoms with Crippen LogP contribution in [0.25, 0.3) is 27.8 Å². The smallest absolute Gasteiger partial charge is 0.382 e. The van der Waals surface area contributed by atoms with E-state index in [-0.39, 0.29) is 16.9 Å². The monoisotopic (exact) mass is 538 g/mol. The van der Waals surface area contributed by atoms with Gasteiger partial charge in [-0.2, -0.15) is 18.3 Å². The van der Waals surface area contributed by atoms with Crippen molar-refractivity contribution in [1.29, 1.82) is 0 Å². The molecule has 0 atom stereocenters. The van der Waals surface area contributed by atoms with Crippen molar-refractivity contribution in [3.05, 3.63) is 54.5 Å². The number of hydrogen-bond acceptors (Lipinski definition) is 8. The fourth-order valence-corrected chi connectivity index (χ4v) is 4.04. The summed E-state index contributed by atoms with van der Waals surface area (Å²) in [5, 5.41) is 12.4. The average molecular weight is 539 g/mol. The standard InChI is InChI=1S/C25H25F3N10O/c1-24(2,3)37-17-9-8-16-21(35-17)36-23(34-16)33-14-6-4-13(5-7-14)18-15(22(39)30-11-25(26,27)28)10-38-19(18)20(29)31-12-32-38/h4-10,12H,11H2,1-3H3,(H,30,39)(H2,29,31,32)(H3,33,34,35,36,37). The molecular formula is C25H25F3N10O. The molecule has 1 aromatic carbocycles. The van der Waals surface area contributed by atoms with Crippen LogP contribution >= 0.6 is 0 Å². The Hall–Kier alpha value is -4.88. The molecule has 5 aromatic rings. The van der Waals surface area contributed by atoms with E-state index in [4.69, 9.17) is 5.73 Å². The Bertz CT molecular complexity index is 1670. The van der Waals surface area contributed by atoms with E-state index in [0.29, 0.717) is 45.3 Å². The van der Waals surface area contributed by atoms with Crippen LogP contribution in [-0.4, -0.2) is 53.7 Å². The lowest BCUT2D eigenvalue weighted by atomic mass is 10.0. The fourth-order valence-electron chi connectivity index (χ4n) is 4.04. The van der Waals surface area contributed by atoms with Gasteiger partial charge in [0.15, 0.2) is 11.5 Å². The van der Waals surface area contributed by atoms with Crippen LogP contribution in [0.1, 0.15) is 31.1 Å². The molecule has 0 spiro atoms. The first-order valence-electron chi connectivity index (χ1n) is 11.9. The maximum absolute atomic E-state index is 12.7. The maximum atomic E-state index is 12.7. The van der Waals surface area contributed by atoms with Crippen molar-refractivity contribution >= 4 is 45.9 Å². The molecule has 0 unspecified atom stereocenters. The number of nitrogen functional groups attached to an aromatic ring is 1. The van der Waals surface area contributed by atoms with E-state index in [2.05, 4.69) is 35.7 Å². The normalized spacial score (nSPS) is 12.2. The number of H-pyrrole nitrogens is 1. The SMILES string of the molecule is CC(C)(C)Nc1ccc2nc(Nc3ccc(-c4c(C(=O)NCC(F)(F)F)cn5ncnc(N)c45)cc3)[nH]c2n1. The summed E-state index contributed by atoms with van der Waals surface area (Å²) in [7, 11) is 0. The summed E-state index contributed by atoms with van der Waals surface area (Å²) in [6.45, 7) is 4.65. The molecule has 39 heavy (non-hydrogen) atoms. The fraction of sp³-hybridized carbons (Fsp3) is 0.240. The third kappa shape index (κ3) is 5.68. The van der Waals surface area contributed by atoms with E-state index in [9.17, 15) is 18.0 Å². The number of pyridine rings is 1. The Morgan fingerprint density at radius 2 is 1.82 bits per heavy atom. The first kappa shape index (κ1) is 25.8. The van der Waals surface area contributed by atoms with Gasteiger partial charge >= 0.3 is 6.18 Å². The van der Waals surface area contributed by atoms with Gasteiger partial charge < -0.3 is 26.7 Å². The molecule has 1 amide bonds. The minimum Gasteiger partial charge on any atom is -0.382 e. The molecule has 0 aliphatic carbocycles. The van der Waals surface area contributed by atoms with Crippen LogP contribution in [0.4, 0.5) is 36.4 Å². The summed E-state index contributed by atoms with van der Waals surface area (Å²) in [6.07, 6.45) is -2.04. The summed E-state index contributed by atoms with van der Waals surface area (Å²) in [5.74, 6) is 0.349. The molecule has 0 saturated carbocycles. The zero-order valence-corrected chi connectivity index (χ0v) is 21.2. The molecule has 0 saturated heterocycles. The van der Waals surface area contributed by atoms with Gasteiger partial charge in [0.1, 0.15) is 29.7 Å². The number of hydrogen-bond donors (Lipinski definition) is 5. The molecule has 0 aliphatic heterocycles. The van der Waals surface area contributed by atoms with Gasteiger partial charge in [-0.25, -0.2) is 19.5 Å². The van der Waals surface area contributed by atoms with Crippen molar-refractivity contribution < 1.29 is 18.0 Å². The van der Waals surface area contributed by atoms with Gasteiger partial charge in [0, 0.05) is 23.0 Å². The molecule has 14 heteroatoms. The second-order valence-electron chi connectivity index (χ2n) is 9.88. The Labute approximate surface area is 220 Å². The van der Waals surface area contributed by atoms with Gasteiger partial charge in [-0.1, -0.05) is 12.1 Å². The molecule has 0 fully saturated rings. The van der Waals surface area contributed by atoms with Crippen molar-refractivity contribution in [2.24, 2.45) is 0 Å². The van der Waals surface area contributed by atoms with E-state index < -0.39 is 18.6 Å². The van der Waals surface area contributed by atoms with E-state index in [1.54, 1.807) is 24.3 Å². The third-order valence-corrected chi connectivity index (χ3v) is 5.58. The largest absolute Gasteiger partial charge is 0.405 e. The van der Waals surface area contributed by atoms with Gasteiger partial charge in [-0.3, -0.25) is 4.79 Å². The number of nitrogens with two attached hydrogens (primary N) is 1. The Balaban J connectivity index is 1.43. The first-order chi connectivity index (χ1) is 18.4. The van der Waals surface area contributed by atoms with Crippen LogP contribution in [0, 0.1) is 0 Å². The molecule has 5 rings (SSSR count). The maximum Gasteiger partial charge on any atom is 0.405 e. The van der Waals surface area contributed by atoms with Crippen molar-refractivity contribution in [2.45, 2.75) is 32.5 Å². The summed E-state index contributed by atoms with van der Waals surface area (Å²) in [5.41, 5.74) is 8.98. The number of carbonyl (C=O) groups is 1. The van der Waals surface area contributed by atoms with E-state index in [0.717, 1.165) is 0 Å². The molecule has 202 valence electrons. The molecule has 0 radical (unpaired) electrons. The minimum absolute atomic E-state index is 0.0183.